The molecule has 3 nitrogen and oxygen atoms in total. The van der Waals surface area contributed by atoms with Crippen molar-refractivity contribution in [3.8, 4) is 17.0 Å². The Labute approximate surface area is 205 Å². The predicted octanol–water partition coefficient (Wildman–Crippen LogP) is 6.78. The van der Waals surface area contributed by atoms with Gasteiger partial charge in [0.15, 0.2) is 0 Å². The van der Waals surface area contributed by atoms with Crippen molar-refractivity contribution < 1.29 is 24.8 Å². The molecular weight excluding hydrogens is 585 g/mol. The third-order valence-electron chi connectivity index (χ3n) is 5.75. The third kappa shape index (κ3) is 3.89. The summed E-state index contributed by atoms with van der Waals surface area (Å²) in [5, 5.41) is 5.88. The molecule has 161 valence electrons. The van der Waals surface area contributed by atoms with Crippen LogP contribution < -0.4 is 4.74 Å². The second-order valence-corrected chi connectivity index (χ2v) is 7.64. The van der Waals surface area contributed by atoms with E-state index in [9.17, 15) is 0 Å². The van der Waals surface area contributed by atoms with Gasteiger partial charge in [-0.1, -0.05) is 58.8 Å². The van der Waals surface area contributed by atoms with E-state index in [4.69, 9.17) is 4.74 Å². The van der Waals surface area contributed by atoms with Crippen LogP contribution in [0.3, 0.4) is 0 Å². The zero-order valence-corrected chi connectivity index (χ0v) is 20.0. The van der Waals surface area contributed by atoms with Gasteiger partial charge < -0.3 is 14.7 Å². The van der Waals surface area contributed by atoms with Gasteiger partial charge >= 0.3 is 0 Å². The zero-order chi connectivity index (χ0) is 21.3. The summed E-state index contributed by atoms with van der Waals surface area (Å²) < 4.78 is 5.78. The fourth-order valence-corrected chi connectivity index (χ4v) is 4.21. The summed E-state index contributed by atoms with van der Waals surface area (Å²) in [6.45, 7) is 0.589. The molecule has 0 fully saturated rings. The molecule has 6 aromatic rings. The summed E-state index contributed by atoms with van der Waals surface area (Å²) in [6.07, 6.45) is 3.61. The Balaban J connectivity index is 0.000000138. The van der Waals surface area contributed by atoms with Crippen LogP contribution in [0.4, 0.5) is 0 Å². The van der Waals surface area contributed by atoms with Gasteiger partial charge in [-0.2, -0.15) is 0 Å². The van der Waals surface area contributed by atoms with Crippen molar-refractivity contribution in [3.05, 3.63) is 115 Å². The Bertz CT molecular complexity index is 1540. The molecular formula is C29H18IrN2O-2. The summed E-state index contributed by atoms with van der Waals surface area (Å²) in [5.41, 5.74) is 4.17. The molecule has 2 aromatic heterocycles. The third-order valence-corrected chi connectivity index (χ3v) is 5.75. The van der Waals surface area contributed by atoms with Gasteiger partial charge in [0.05, 0.1) is 6.61 Å². The van der Waals surface area contributed by atoms with Crippen LogP contribution in [0.25, 0.3) is 43.7 Å². The Morgan fingerprint density at radius 1 is 0.727 bits per heavy atom. The van der Waals surface area contributed by atoms with E-state index < -0.39 is 0 Å². The molecule has 0 amide bonds. The van der Waals surface area contributed by atoms with Gasteiger partial charge in [0.2, 0.25) is 0 Å². The molecule has 4 aromatic carbocycles. The van der Waals surface area contributed by atoms with Crippen molar-refractivity contribution in [1.82, 2.24) is 9.97 Å². The summed E-state index contributed by atoms with van der Waals surface area (Å²) >= 11 is 0. The molecule has 4 heteroatoms. The van der Waals surface area contributed by atoms with Crippen molar-refractivity contribution in [2.45, 2.75) is 6.61 Å². The fourth-order valence-electron chi connectivity index (χ4n) is 4.21. The maximum atomic E-state index is 5.78. The van der Waals surface area contributed by atoms with E-state index in [1.807, 2.05) is 48.7 Å². The maximum Gasteiger partial charge on any atom is 0.103 e. The molecule has 0 bridgehead atoms. The molecule has 0 saturated carbocycles. The van der Waals surface area contributed by atoms with E-state index in [1.165, 1.54) is 27.1 Å². The van der Waals surface area contributed by atoms with Crippen LogP contribution in [0, 0.1) is 12.1 Å². The minimum atomic E-state index is 0. The molecule has 1 aliphatic rings. The number of aromatic nitrogens is 2. The number of hydrogen-bond acceptors (Lipinski definition) is 3. The van der Waals surface area contributed by atoms with Gasteiger partial charge in [-0.3, -0.25) is 0 Å². The first-order valence-corrected chi connectivity index (χ1v) is 10.5. The largest absolute Gasteiger partial charge is 0.506 e. The summed E-state index contributed by atoms with van der Waals surface area (Å²) in [7, 11) is 0. The molecule has 7 rings (SSSR count). The summed E-state index contributed by atoms with van der Waals surface area (Å²) in [6, 6.07) is 35.0. The molecule has 0 atom stereocenters. The van der Waals surface area contributed by atoms with E-state index in [-0.39, 0.29) is 20.1 Å². The second kappa shape index (κ2) is 9.11. The number of ether oxygens (including phenoxy) is 1. The first kappa shape index (κ1) is 21.3. The van der Waals surface area contributed by atoms with Gasteiger partial charge in [-0.25, -0.2) is 0 Å². The topological polar surface area (TPSA) is 35.0 Å². The molecule has 0 aliphatic carbocycles. The van der Waals surface area contributed by atoms with Crippen LogP contribution in [-0.2, 0) is 26.7 Å². The molecule has 0 unspecified atom stereocenters. The van der Waals surface area contributed by atoms with Crippen molar-refractivity contribution in [3.63, 3.8) is 0 Å². The Hall–Kier alpha value is -3.59. The second-order valence-electron chi connectivity index (χ2n) is 7.64. The normalized spacial score (nSPS) is 11.5. The van der Waals surface area contributed by atoms with Gasteiger partial charge in [0.25, 0.3) is 0 Å². The van der Waals surface area contributed by atoms with Crippen LogP contribution in [0.5, 0.6) is 5.75 Å². The van der Waals surface area contributed by atoms with Crippen molar-refractivity contribution >= 4 is 32.4 Å². The molecule has 0 N–H and O–H groups in total. The molecule has 0 spiro atoms. The van der Waals surface area contributed by atoms with Gasteiger partial charge in [0, 0.05) is 38.2 Å². The quantitative estimate of drug-likeness (QED) is 0.142. The standard InChI is InChI=1S/C16H10NO.C13H8N.Ir/c1-2-5-12-11(4-1)7-8-13-14(12)10-18-15-6-3-9-17-16(13)15;1-2-6-12-10(4-1)7-8-11-5-3-9-14-13(11)12;/h1-7,9H,10H2;1-5,7-9H;/q2*-1;. The van der Waals surface area contributed by atoms with Crippen LogP contribution in [0.2, 0.25) is 0 Å². The van der Waals surface area contributed by atoms with Crippen molar-refractivity contribution in [2.75, 3.05) is 0 Å². The number of hydrogen-bond donors (Lipinski definition) is 0. The van der Waals surface area contributed by atoms with Gasteiger partial charge in [-0.15, -0.1) is 52.7 Å². The maximum absolute atomic E-state index is 5.78. The van der Waals surface area contributed by atoms with Crippen LogP contribution >= 0.6 is 0 Å². The zero-order valence-electron chi connectivity index (χ0n) is 17.6. The average Bonchev–Trinajstić information content (AvgIpc) is 2.88. The Kier molecular flexibility index (Phi) is 5.87. The van der Waals surface area contributed by atoms with Crippen LogP contribution in [0.1, 0.15) is 5.56 Å². The van der Waals surface area contributed by atoms with Gasteiger partial charge in [0.1, 0.15) is 5.75 Å². The Morgan fingerprint density at radius 3 is 2.48 bits per heavy atom. The van der Waals surface area contributed by atoms with E-state index in [0.29, 0.717) is 6.61 Å². The molecule has 0 saturated heterocycles. The van der Waals surface area contributed by atoms with E-state index in [1.54, 1.807) is 6.20 Å². The number of benzene rings is 4. The minimum Gasteiger partial charge on any atom is -0.506 e. The smallest absolute Gasteiger partial charge is 0.103 e. The summed E-state index contributed by atoms with van der Waals surface area (Å²) in [4.78, 5) is 8.79. The van der Waals surface area contributed by atoms with Crippen LogP contribution in [-0.4, -0.2) is 9.97 Å². The van der Waals surface area contributed by atoms with E-state index in [2.05, 4.69) is 64.6 Å². The molecule has 3 heterocycles. The SMILES string of the molecule is [Ir].[c-]1cc2ccccc2c2c1-c1ncccc1OC2.[c-]1cccc2ccc3cccnc3c12. The van der Waals surface area contributed by atoms with Crippen molar-refractivity contribution in [1.29, 1.82) is 0 Å². The predicted molar refractivity (Wildman–Crippen MR) is 128 cm³/mol. The first-order chi connectivity index (χ1) is 15.9. The minimum absolute atomic E-state index is 0. The Morgan fingerprint density at radius 2 is 1.52 bits per heavy atom. The number of pyridine rings is 2. The average molecular weight is 603 g/mol. The number of fused-ring (bicyclic) bond motifs is 8. The number of nitrogens with zero attached hydrogens (tertiary/aromatic N) is 2. The van der Waals surface area contributed by atoms with E-state index >= 15 is 0 Å². The van der Waals surface area contributed by atoms with Crippen LogP contribution in [0.15, 0.2) is 97.3 Å². The molecule has 1 radical (unpaired) electrons. The van der Waals surface area contributed by atoms with Crippen molar-refractivity contribution in [2.24, 2.45) is 0 Å². The molecule has 33 heavy (non-hydrogen) atoms. The monoisotopic (exact) mass is 603 g/mol. The number of rotatable bonds is 0. The summed E-state index contributed by atoms with van der Waals surface area (Å²) in [5.74, 6) is 0.844. The first-order valence-electron chi connectivity index (χ1n) is 10.5. The van der Waals surface area contributed by atoms with E-state index in [0.717, 1.165) is 27.9 Å². The van der Waals surface area contributed by atoms with Gasteiger partial charge in [-0.05, 0) is 29.1 Å². The fraction of sp³-hybridized carbons (Fsp3) is 0.0345. The molecule has 1 aliphatic heterocycles.